The second kappa shape index (κ2) is 13.0. The Kier molecular flexibility index (Phi) is 8.92. The van der Waals surface area contributed by atoms with Crippen LogP contribution in [-0.2, 0) is 17.8 Å². The highest BCUT2D eigenvalue weighted by molar-refractivity contribution is 6.36. The van der Waals surface area contributed by atoms with E-state index in [0.29, 0.717) is 44.4 Å². The molecule has 4 heterocycles. The van der Waals surface area contributed by atoms with E-state index in [1.54, 1.807) is 0 Å². The highest BCUT2D eigenvalue weighted by Gasteiger charge is 2.35. The van der Waals surface area contributed by atoms with Gasteiger partial charge in [-0.25, -0.2) is 0 Å². The van der Waals surface area contributed by atoms with Crippen molar-refractivity contribution in [3.8, 4) is 12.1 Å². The summed E-state index contributed by atoms with van der Waals surface area (Å²) in [5.41, 5.74) is 3.69. The fourth-order valence-corrected chi connectivity index (χ4v) is 6.84. The van der Waals surface area contributed by atoms with E-state index in [1.165, 1.54) is 0 Å². The van der Waals surface area contributed by atoms with Gasteiger partial charge in [0, 0.05) is 54.4 Å². The standard InChI is InChI=1S/C34H40ClN7O2/c1-22(2)23(3)33(43)42-18-17-41(19-26(42)12-14-36)32-27-13-16-40(30-11-5-8-24-7-4-10-28(35)31(24)30)20-29(27)38-34(39-32)44-21-25-9-6-15-37-25/h4-5,7-8,10-11,22,25-26,37H,3,6,9,12-13,15-21H2,1-2H3. The quantitative estimate of drug-likeness (QED) is 0.350. The summed E-state index contributed by atoms with van der Waals surface area (Å²) in [7, 11) is 0. The molecular weight excluding hydrogens is 574 g/mol. The van der Waals surface area contributed by atoms with Gasteiger partial charge in [-0.05, 0) is 49.2 Å². The van der Waals surface area contributed by atoms with E-state index in [9.17, 15) is 10.1 Å². The zero-order chi connectivity index (χ0) is 30.8. The summed E-state index contributed by atoms with van der Waals surface area (Å²) in [4.78, 5) is 29.6. The highest BCUT2D eigenvalue weighted by atomic mass is 35.5. The number of amides is 1. The first-order valence-corrected chi connectivity index (χ1v) is 16.0. The molecule has 3 aliphatic heterocycles. The van der Waals surface area contributed by atoms with E-state index in [4.69, 9.17) is 26.3 Å². The third-order valence-electron chi connectivity index (χ3n) is 9.11. The van der Waals surface area contributed by atoms with E-state index in [0.717, 1.165) is 70.9 Å². The Morgan fingerprint density at radius 3 is 2.75 bits per heavy atom. The van der Waals surface area contributed by atoms with Crippen LogP contribution in [0.1, 0.15) is 44.4 Å². The number of halogens is 1. The van der Waals surface area contributed by atoms with Crippen molar-refractivity contribution in [2.24, 2.45) is 5.92 Å². The van der Waals surface area contributed by atoms with Crippen molar-refractivity contribution in [1.29, 1.82) is 5.26 Å². The number of aromatic nitrogens is 2. The van der Waals surface area contributed by atoms with Crippen molar-refractivity contribution in [3.05, 3.63) is 64.8 Å². The number of carbonyl (C=O) groups is 1. The number of hydrogen-bond acceptors (Lipinski definition) is 8. The summed E-state index contributed by atoms with van der Waals surface area (Å²) >= 11 is 6.71. The molecule has 230 valence electrons. The lowest BCUT2D eigenvalue weighted by atomic mass is 9.99. The molecule has 0 radical (unpaired) electrons. The molecule has 2 atom stereocenters. The second-order valence-electron chi connectivity index (χ2n) is 12.3. The van der Waals surface area contributed by atoms with Crippen LogP contribution < -0.4 is 19.9 Å². The number of nitrogens with one attached hydrogen (secondary N) is 1. The van der Waals surface area contributed by atoms with Gasteiger partial charge in [0.15, 0.2) is 0 Å². The fourth-order valence-electron chi connectivity index (χ4n) is 6.56. The lowest BCUT2D eigenvalue weighted by molar-refractivity contribution is -0.130. The van der Waals surface area contributed by atoms with Crippen molar-refractivity contribution in [2.45, 2.75) is 58.2 Å². The fraction of sp³-hybridized carbons (Fsp3) is 0.471. The monoisotopic (exact) mass is 613 g/mol. The molecule has 1 aromatic heterocycles. The second-order valence-corrected chi connectivity index (χ2v) is 12.7. The van der Waals surface area contributed by atoms with Gasteiger partial charge in [-0.2, -0.15) is 15.2 Å². The Hall–Kier alpha value is -3.87. The lowest BCUT2D eigenvalue weighted by Gasteiger charge is -2.43. The topological polar surface area (TPSA) is 97.6 Å². The van der Waals surface area contributed by atoms with Gasteiger partial charge in [-0.1, -0.05) is 56.3 Å². The maximum absolute atomic E-state index is 13.3. The van der Waals surface area contributed by atoms with Crippen LogP contribution in [0.25, 0.3) is 10.8 Å². The molecule has 1 N–H and O–H groups in total. The minimum absolute atomic E-state index is 0.0470. The summed E-state index contributed by atoms with van der Waals surface area (Å²) in [6.45, 7) is 12.5. The molecule has 0 bridgehead atoms. The van der Waals surface area contributed by atoms with E-state index in [-0.39, 0.29) is 30.3 Å². The molecule has 6 rings (SSSR count). The van der Waals surface area contributed by atoms with Crippen LogP contribution >= 0.6 is 11.6 Å². The maximum atomic E-state index is 13.3. The van der Waals surface area contributed by atoms with Crippen LogP contribution in [0.3, 0.4) is 0 Å². The van der Waals surface area contributed by atoms with Crippen molar-refractivity contribution in [3.63, 3.8) is 0 Å². The van der Waals surface area contributed by atoms with E-state index < -0.39 is 0 Å². The number of benzene rings is 2. The molecule has 3 aromatic rings. The van der Waals surface area contributed by atoms with Gasteiger partial charge in [0.1, 0.15) is 12.4 Å². The molecule has 44 heavy (non-hydrogen) atoms. The van der Waals surface area contributed by atoms with E-state index in [2.05, 4.69) is 52.0 Å². The van der Waals surface area contributed by atoms with Gasteiger partial charge in [0.05, 0.1) is 35.8 Å². The van der Waals surface area contributed by atoms with Crippen molar-refractivity contribution >= 4 is 39.8 Å². The first kappa shape index (κ1) is 30.2. The summed E-state index contributed by atoms with van der Waals surface area (Å²) in [6, 6.07) is 15.0. The summed E-state index contributed by atoms with van der Waals surface area (Å²) in [5.74, 6) is 0.825. The van der Waals surface area contributed by atoms with Gasteiger partial charge < -0.3 is 24.8 Å². The zero-order valence-corrected chi connectivity index (χ0v) is 26.3. The normalized spacial score (nSPS) is 20.1. The summed E-state index contributed by atoms with van der Waals surface area (Å²) in [5, 5.41) is 16.0. The molecule has 2 saturated heterocycles. The third kappa shape index (κ3) is 6.06. The van der Waals surface area contributed by atoms with Crippen LogP contribution in [0, 0.1) is 17.2 Å². The van der Waals surface area contributed by atoms with Crippen LogP contribution in [0.5, 0.6) is 6.01 Å². The minimum Gasteiger partial charge on any atom is -0.462 e. The third-order valence-corrected chi connectivity index (χ3v) is 9.43. The zero-order valence-electron chi connectivity index (χ0n) is 25.6. The first-order valence-electron chi connectivity index (χ1n) is 15.6. The van der Waals surface area contributed by atoms with Crippen molar-refractivity contribution in [2.75, 3.05) is 49.1 Å². The SMILES string of the molecule is C=C(C(=O)N1CCN(c2nc(OCC3CCCN3)nc3c2CCN(c2cccc4cccc(Cl)c24)C3)CC1CC#N)C(C)C. The molecule has 0 spiro atoms. The summed E-state index contributed by atoms with van der Waals surface area (Å²) in [6.07, 6.45) is 3.20. The average Bonchev–Trinajstić information content (AvgIpc) is 3.56. The van der Waals surface area contributed by atoms with Crippen molar-refractivity contribution < 1.29 is 9.53 Å². The number of ether oxygens (including phenoxy) is 1. The number of hydrogen-bond donors (Lipinski definition) is 1. The smallest absolute Gasteiger partial charge is 0.318 e. The molecule has 1 amide bonds. The molecule has 0 saturated carbocycles. The van der Waals surface area contributed by atoms with Crippen molar-refractivity contribution in [1.82, 2.24) is 20.2 Å². The first-order chi connectivity index (χ1) is 21.3. The Balaban J connectivity index is 1.32. The van der Waals surface area contributed by atoms with Gasteiger partial charge in [-0.3, -0.25) is 4.79 Å². The molecule has 2 aromatic carbocycles. The number of nitrogens with zero attached hydrogens (tertiary/aromatic N) is 6. The Bertz CT molecular complexity index is 1590. The minimum atomic E-state index is -0.257. The highest BCUT2D eigenvalue weighted by Crippen LogP contribution is 2.37. The van der Waals surface area contributed by atoms with Crippen LogP contribution in [0.15, 0.2) is 48.6 Å². The van der Waals surface area contributed by atoms with Crippen LogP contribution in [-0.4, -0.2) is 72.2 Å². The van der Waals surface area contributed by atoms with Crippen LogP contribution in [0.4, 0.5) is 11.5 Å². The lowest BCUT2D eigenvalue weighted by Crippen LogP contribution is -2.56. The molecule has 2 fully saturated rings. The van der Waals surface area contributed by atoms with Gasteiger partial charge in [0.2, 0.25) is 5.91 Å². The summed E-state index contributed by atoms with van der Waals surface area (Å²) < 4.78 is 6.23. The number of carbonyl (C=O) groups excluding carboxylic acids is 1. The number of anilines is 2. The van der Waals surface area contributed by atoms with Gasteiger partial charge in [0.25, 0.3) is 0 Å². The Morgan fingerprint density at radius 2 is 2.00 bits per heavy atom. The van der Waals surface area contributed by atoms with E-state index >= 15 is 0 Å². The molecule has 9 nitrogen and oxygen atoms in total. The molecule has 2 unspecified atom stereocenters. The molecule has 10 heteroatoms. The molecular formula is C34H40ClN7O2. The molecule has 3 aliphatic rings. The van der Waals surface area contributed by atoms with Crippen LogP contribution in [0.2, 0.25) is 5.02 Å². The number of fused-ring (bicyclic) bond motifs is 2. The van der Waals surface area contributed by atoms with E-state index in [1.807, 2.05) is 30.9 Å². The Labute approximate surface area is 264 Å². The predicted molar refractivity (Wildman–Crippen MR) is 174 cm³/mol. The van der Waals surface area contributed by atoms with Gasteiger partial charge in [-0.15, -0.1) is 0 Å². The predicted octanol–water partition coefficient (Wildman–Crippen LogP) is 5.12. The van der Waals surface area contributed by atoms with Gasteiger partial charge >= 0.3 is 6.01 Å². The number of piperazine rings is 1. The maximum Gasteiger partial charge on any atom is 0.318 e. The number of nitriles is 1. The average molecular weight is 614 g/mol. The number of rotatable bonds is 8. The molecule has 0 aliphatic carbocycles. The largest absolute Gasteiger partial charge is 0.462 e. The Morgan fingerprint density at radius 1 is 1.18 bits per heavy atom.